The first-order chi connectivity index (χ1) is 5.15. The molecule has 1 N–H and O–H groups in total. The predicted molar refractivity (Wildman–Crippen MR) is 42.3 cm³/mol. The summed E-state index contributed by atoms with van der Waals surface area (Å²) in [6.07, 6.45) is 0.905. The third-order valence-corrected chi connectivity index (χ3v) is 2.34. The largest absolute Gasteiger partial charge is 0.453 e. The molecule has 1 fully saturated rings. The Morgan fingerprint density at radius 1 is 1.73 bits per heavy atom. The highest BCUT2D eigenvalue weighted by Gasteiger charge is 2.37. The molecule has 0 aromatic carbocycles. The first-order valence-corrected chi connectivity index (χ1v) is 3.99. The zero-order valence-electron chi connectivity index (χ0n) is 7.26. The van der Waals surface area contributed by atoms with Gasteiger partial charge in [0, 0.05) is 6.04 Å². The summed E-state index contributed by atoms with van der Waals surface area (Å²) < 4.78 is 4.48. The molecular weight excluding hydrogens is 142 g/mol. The monoisotopic (exact) mass is 157 g/mol. The van der Waals surface area contributed by atoms with Crippen molar-refractivity contribution < 1.29 is 9.53 Å². The molecular formula is C8H15NO2. The van der Waals surface area contributed by atoms with Gasteiger partial charge in [-0.2, -0.15) is 0 Å². The molecule has 0 aromatic rings. The van der Waals surface area contributed by atoms with Gasteiger partial charge in [0.25, 0.3) is 0 Å². The number of amides is 1. The van der Waals surface area contributed by atoms with Crippen molar-refractivity contribution in [1.29, 1.82) is 0 Å². The summed E-state index contributed by atoms with van der Waals surface area (Å²) >= 11 is 0. The molecule has 3 nitrogen and oxygen atoms in total. The van der Waals surface area contributed by atoms with E-state index in [4.69, 9.17) is 0 Å². The van der Waals surface area contributed by atoms with E-state index < -0.39 is 0 Å². The number of hydrogen-bond donors (Lipinski definition) is 1. The first-order valence-electron chi connectivity index (χ1n) is 3.99. The third kappa shape index (κ3) is 2.10. The summed E-state index contributed by atoms with van der Waals surface area (Å²) in [6, 6.07) is 0.262. The molecule has 0 bridgehead atoms. The molecule has 1 rings (SSSR count). The maximum Gasteiger partial charge on any atom is 0.407 e. The molecule has 0 spiro atoms. The van der Waals surface area contributed by atoms with Gasteiger partial charge in [-0.15, -0.1) is 0 Å². The van der Waals surface area contributed by atoms with E-state index in [2.05, 4.69) is 17.0 Å². The number of carbonyl (C=O) groups is 1. The van der Waals surface area contributed by atoms with Gasteiger partial charge in [0.05, 0.1) is 7.11 Å². The second-order valence-electron chi connectivity index (χ2n) is 3.30. The lowest BCUT2D eigenvalue weighted by Gasteiger charge is -2.11. The molecule has 1 aliphatic carbocycles. The van der Waals surface area contributed by atoms with Crippen LogP contribution in [0, 0.1) is 11.8 Å². The lowest BCUT2D eigenvalue weighted by atomic mass is 10.2. The van der Waals surface area contributed by atoms with Crippen molar-refractivity contribution in [3.63, 3.8) is 0 Å². The van der Waals surface area contributed by atoms with Crippen molar-refractivity contribution >= 4 is 6.09 Å². The number of ether oxygens (including phenoxy) is 1. The highest BCUT2D eigenvalue weighted by Crippen LogP contribution is 2.40. The zero-order valence-corrected chi connectivity index (χ0v) is 7.26. The van der Waals surface area contributed by atoms with Crippen LogP contribution in [0.15, 0.2) is 0 Å². The summed E-state index contributed by atoms with van der Waals surface area (Å²) in [6.45, 7) is 4.21. The number of carbonyl (C=O) groups excluding carboxylic acids is 1. The van der Waals surface area contributed by atoms with E-state index in [0.29, 0.717) is 5.92 Å². The lowest BCUT2D eigenvalue weighted by molar-refractivity contribution is 0.166. The van der Waals surface area contributed by atoms with E-state index >= 15 is 0 Å². The molecule has 1 amide bonds. The number of methoxy groups -OCH3 is 1. The molecule has 0 heterocycles. The molecule has 64 valence electrons. The van der Waals surface area contributed by atoms with Crippen molar-refractivity contribution in [1.82, 2.24) is 5.32 Å². The summed E-state index contributed by atoms with van der Waals surface area (Å²) in [7, 11) is 1.39. The Morgan fingerprint density at radius 2 is 2.27 bits per heavy atom. The van der Waals surface area contributed by atoms with Gasteiger partial charge < -0.3 is 10.1 Å². The molecule has 11 heavy (non-hydrogen) atoms. The van der Waals surface area contributed by atoms with Crippen LogP contribution in [0.5, 0.6) is 0 Å². The Kier molecular flexibility index (Phi) is 2.37. The number of nitrogens with one attached hydrogen (secondary N) is 1. The molecule has 0 radical (unpaired) electrons. The van der Waals surface area contributed by atoms with Crippen LogP contribution in [-0.4, -0.2) is 19.2 Å². The van der Waals surface area contributed by atoms with Crippen LogP contribution in [0.1, 0.15) is 20.3 Å². The van der Waals surface area contributed by atoms with Crippen molar-refractivity contribution in [2.24, 2.45) is 11.8 Å². The van der Waals surface area contributed by atoms with Crippen LogP contribution in [-0.2, 0) is 4.74 Å². The van der Waals surface area contributed by atoms with Crippen molar-refractivity contribution in [3.05, 3.63) is 0 Å². The highest BCUT2D eigenvalue weighted by atomic mass is 16.5. The fraction of sp³-hybridized carbons (Fsp3) is 0.875. The van der Waals surface area contributed by atoms with Gasteiger partial charge in [0.15, 0.2) is 0 Å². The number of alkyl carbamates (subject to hydrolysis) is 1. The maximum atomic E-state index is 10.7. The van der Waals surface area contributed by atoms with E-state index in [1.807, 2.05) is 6.92 Å². The fourth-order valence-corrected chi connectivity index (χ4v) is 1.40. The van der Waals surface area contributed by atoms with E-state index in [1.165, 1.54) is 13.5 Å². The van der Waals surface area contributed by atoms with Gasteiger partial charge in [-0.05, 0) is 25.2 Å². The standard InChI is InChI=1S/C8H15NO2/c1-5-4-7(5)6(2)9-8(10)11-3/h5-7H,4H2,1-3H3,(H,9,10). The highest BCUT2D eigenvalue weighted by molar-refractivity contribution is 5.67. The minimum absolute atomic E-state index is 0.262. The molecule has 3 atom stereocenters. The molecule has 0 saturated heterocycles. The normalized spacial score (nSPS) is 30.8. The van der Waals surface area contributed by atoms with E-state index in [1.54, 1.807) is 0 Å². The molecule has 0 aromatic heterocycles. The zero-order chi connectivity index (χ0) is 8.43. The predicted octanol–water partition coefficient (Wildman–Crippen LogP) is 1.39. The molecule has 0 aliphatic heterocycles. The number of hydrogen-bond acceptors (Lipinski definition) is 2. The lowest BCUT2D eigenvalue weighted by Crippen LogP contribution is -2.34. The topological polar surface area (TPSA) is 38.3 Å². The van der Waals surface area contributed by atoms with Crippen LogP contribution in [0.2, 0.25) is 0 Å². The second-order valence-corrected chi connectivity index (χ2v) is 3.30. The van der Waals surface area contributed by atoms with Crippen LogP contribution in [0.4, 0.5) is 4.79 Å². The molecule has 3 heteroatoms. The minimum Gasteiger partial charge on any atom is -0.453 e. The quantitative estimate of drug-likeness (QED) is 0.657. The SMILES string of the molecule is COC(=O)NC(C)C1CC1C. The van der Waals surface area contributed by atoms with E-state index in [9.17, 15) is 4.79 Å². The second kappa shape index (κ2) is 3.11. The van der Waals surface area contributed by atoms with Gasteiger partial charge in [-0.3, -0.25) is 0 Å². The van der Waals surface area contributed by atoms with E-state index in [-0.39, 0.29) is 12.1 Å². The molecule has 3 unspecified atom stereocenters. The van der Waals surface area contributed by atoms with Gasteiger partial charge in [0.2, 0.25) is 0 Å². The third-order valence-electron chi connectivity index (χ3n) is 2.34. The number of rotatable bonds is 2. The fourth-order valence-electron chi connectivity index (χ4n) is 1.40. The van der Waals surface area contributed by atoms with Gasteiger partial charge in [-0.25, -0.2) is 4.79 Å². The van der Waals surface area contributed by atoms with Crippen molar-refractivity contribution in [3.8, 4) is 0 Å². The summed E-state index contributed by atoms with van der Waals surface area (Å²) in [5.41, 5.74) is 0. The smallest absolute Gasteiger partial charge is 0.407 e. The van der Waals surface area contributed by atoms with Crippen molar-refractivity contribution in [2.45, 2.75) is 26.3 Å². The van der Waals surface area contributed by atoms with Gasteiger partial charge in [-0.1, -0.05) is 6.92 Å². The summed E-state index contributed by atoms with van der Waals surface area (Å²) in [4.78, 5) is 10.7. The Hall–Kier alpha value is -0.730. The summed E-state index contributed by atoms with van der Waals surface area (Å²) in [5.74, 6) is 1.43. The van der Waals surface area contributed by atoms with Crippen LogP contribution in [0.3, 0.4) is 0 Å². The average molecular weight is 157 g/mol. The van der Waals surface area contributed by atoms with Crippen LogP contribution < -0.4 is 5.32 Å². The van der Waals surface area contributed by atoms with Gasteiger partial charge in [0.1, 0.15) is 0 Å². The Labute approximate surface area is 67.1 Å². The van der Waals surface area contributed by atoms with Crippen LogP contribution in [0.25, 0.3) is 0 Å². The summed E-state index contributed by atoms with van der Waals surface area (Å²) in [5, 5.41) is 2.76. The van der Waals surface area contributed by atoms with Crippen LogP contribution >= 0.6 is 0 Å². The molecule has 1 saturated carbocycles. The van der Waals surface area contributed by atoms with Gasteiger partial charge >= 0.3 is 6.09 Å². The molecule has 1 aliphatic rings. The van der Waals surface area contributed by atoms with E-state index in [0.717, 1.165) is 5.92 Å². The van der Waals surface area contributed by atoms with Crippen molar-refractivity contribution in [2.75, 3.05) is 7.11 Å². The maximum absolute atomic E-state index is 10.7. The Bertz CT molecular complexity index is 158. The Balaban J connectivity index is 2.21. The minimum atomic E-state index is -0.323. The average Bonchev–Trinajstić information content (AvgIpc) is 2.66. The Morgan fingerprint density at radius 3 is 2.64 bits per heavy atom. The first kappa shape index (κ1) is 8.37.